The third-order valence-electron chi connectivity index (χ3n) is 2.02. The minimum atomic E-state index is 0.00224. The summed E-state index contributed by atoms with van der Waals surface area (Å²) in [6, 6.07) is 9.04. The van der Waals surface area contributed by atoms with Gasteiger partial charge in [0, 0.05) is 23.7 Å². The molecule has 0 saturated carbocycles. The highest BCUT2D eigenvalue weighted by atomic mass is 35.5. The quantitative estimate of drug-likeness (QED) is 0.782. The first-order chi connectivity index (χ1) is 6.68. The van der Waals surface area contributed by atoms with Crippen molar-refractivity contribution in [1.82, 2.24) is 9.78 Å². The second-order valence-electron chi connectivity index (χ2n) is 2.99. The van der Waals surface area contributed by atoms with Crippen molar-refractivity contribution in [2.75, 3.05) is 0 Å². The largest absolute Gasteiger partial charge is 0.492 e. The fraction of sp³-hybridized carbons (Fsp3) is 0.100. The molecule has 2 rings (SSSR count). The third-order valence-corrected chi connectivity index (χ3v) is 2.35. The first-order valence-electron chi connectivity index (χ1n) is 4.16. The summed E-state index contributed by atoms with van der Waals surface area (Å²) in [7, 11) is 1.76. The maximum absolute atomic E-state index is 9.21. The highest BCUT2D eigenvalue weighted by molar-refractivity contribution is 6.33. The topological polar surface area (TPSA) is 38.0 Å². The maximum Gasteiger partial charge on any atom is 0.230 e. The van der Waals surface area contributed by atoms with E-state index >= 15 is 0 Å². The molecule has 0 spiro atoms. The number of hydrogen-bond acceptors (Lipinski definition) is 2. The molecule has 1 aromatic carbocycles. The molecule has 0 unspecified atom stereocenters. The zero-order valence-electron chi connectivity index (χ0n) is 7.61. The van der Waals surface area contributed by atoms with Gasteiger partial charge in [-0.2, -0.15) is 0 Å². The van der Waals surface area contributed by atoms with Crippen LogP contribution in [0.3, 0.4) is 0 Å². The number of aromatic hydroxyl groups is 1. The summed E-state index contributed by atoms with van der Waals surface area (Å²) in [4.78, 5) is 0. The lowest BCUT2D eigenvalue weighted by atomic mass is 10.1. The van der Waals surface area contributed by atoms with Crippen LogP contribution in [0, 0.1) is 0 Å². The lowest BCUT2D eigenvalue weighted by Gasteiger charge is -2.02. The lowest BCUT2D eigenvalue weighted by Crippen LogP contribution is -1.93. The number of rotatable bonds is 1. The Labute approximate surface area is 86.6 Å². The Morgan fingerprint density at radius 3 is 2.64 bits per heavy atom. The number of halogens is 1. The molecule has 2 aromatic rings. The van der Waals surface area contributed by atoms with Crippen molar-refractivity contribution >= 4 is 11.6 Å². The molecule has 0 atom stereocenters. The smallest absolute Gasteiger partial charge is 0.230 e. The first kappa shape index (κ1) is 9.09. The second kappa shape index (κ2) is 3.35. The van der Waals surface area contributed by atoms with Gasteiger partial charge < -0.3 is 5.11 Å². The number of aryl methyl sites for hydroxylation is 1. The molecule has 3 nitrogen and oxygen atoms in total. The predicted molar refractivity (Wildman–Crippen MR) is 55.3 cm³/mol. The molecule has 72 valence electrons. The normalized spacial score (nSPS) is 10.4. The van der Waals surface area contributed by atoms with Gasteiger partial charge in [0.15, 0.2) is 0 Å². The van der Waals surface area contributed by atoms with Crippen LogP contribution in [-0.2, 0) is 7.05 Å². The summed E-state index contributed by atoms with van der Waals surface area (Å²) < 4.78 is 1.59. The van der Waals surface area contributed by atoms with Gasteiger partial charge in [-0.3, -0.25) is 4.68 Å². The van der Waals surface area contributed by atoms with Crippen LogP contribution in [0.1, 0.15) is 0 Å². The summed E-state index contributed by atoms with van der Waals surface area (Å²) >= 11 is 6.02. The molecule has 14 heavy (non-hydrogen) atoms. The molecule has 0 saturated heterocycles. The van der Waals surface area contributed by atoms with Crippen LogP contribution in [0.25, 0.3) is 11.3 Å². The van der Waals surface area contributed by atoms with Crippen LogP contribution in [0.5, 0.6) is 5.88 Å². The summed E-state index contributed by atoms with van der Waals surface area (Å²) in [6.07, 6.45) is 0. The Morgan fingerprint density at radius 2 is 2.07 bits per heavy atom. The maximum atomic E-state index is 9.21. The molecular formula is C10H9ClN2O. The summed E-state index contributed by atoms with van der Waals surface area (Å²) in [5.74, 6) is 0.00224. The van der Waals surface area contributed by atoms with E-state index in [2.05, 4.69) is 5.10 Å². The van der Waals surface area contributed by atoms with E-state index < -0.39 is 0 Å². The van der Waals surface area contributed by atoms with Gasteiger partial charge in [0.25, 0.3) is 0 Å². The van der Waals surface area contributed by atoms with Crippen LogP contribution in [0.2, 0.25) is 5.02 Å². The Morgan fingerprint density at radius 1 is 1.36 bits per heavy atom. The average Bonchev–Trinajstić information content (AvgIpc) is 2.46. The molecule has 0 radical (unpaired) electrons. The fourth-order valence-corrected chi connectivity index (χ4v) is 1.61. The zero-order chi connectivity index (χ0) is 10.1. The van der Waals surface area contributed by atoms with Crippen molar-refractivity contribution in [3.8, 4) is 17.1 Å². The van der Waals surface area contributed by atoms with E-state index in [1.165, 1.54) is 0 Å². The molecule has 1 aromatic heterocycles. The highest BCUT2D eigenvalue weighted by Crippen LogP contribution is 2.28. The van der Waals surface area contributed by atoms with E-state index in [0.29, 0.717) is 5.02 Å². The van der Waals surface area contributed by atoms with E-state index in [0.717, 1.165) is 11.3 Å². The van der Waals surface area contributed by atoms with Crippen LogP contribution in [0.15, 0.2) is 30.3 Å². The molecule has 0 bridgehead atoms. The van der Waals surface area contributed by atoms with Crippen molar-refractivity contribution in [2.45, 2.75) is 0 Å². The van der Waals surface area contributed by atoms with Gasteiger partial charge in [0.05, 0.1) is 5.69 Å². The van der Waals surface area contributed by atoms with E-state index in [9.17, 15) is 5.11 Å². The number of nitrogens with zero attached hydrogens (tertiary/aromatic N) is 2. The predicted octanol–water partition coefficient (Wildman–Crippen LogP) is 2.45. The second-order valence-corrected chi connectivity index (χ2v) is 3.40. The van der Waals surface area contributed by atoms with E-state index in [-0.39, 0.29) is 5.88 Å². The molecule has 0 aliphatic carbocycles. The molecule has 0 aliphatic heterocycles. The molecule has 0 aliphatic rings. The lowest BCUT2D eigenvalue weighted by molar-refractivity contribution is 0.444. The molecule has 0 fully saturated rings. The zero-order valence-corrected chi connectivity index (χ0v) is 8.36. The average molecular weight is 209 g/mol. The Hall–Kier alpha value is -1.48. The van der Waals surface area contributed by atoms with Crippen LogP contribution < -0.4 is 0 Å². The van der Waals surface area contributed by atoms with Crippen LogP contribution in [-0.4, -0.2) is 14.9 Å². The third kappa shape index (κ3) is 1.46. The number of aromatic nitrogens is 2. The van der Waals surface area contributed by atoms with Crippen molar-refractivity contribution in [3.63, 3.8) is 0 Å². The standard InChI is InChI=1S/C10H9ClN2O/c1-13-9(6-10(14)12-13)7-4-2-3-5-8(7)11/h2-6H,1H3,(H,12,14). The van der Waals surface area contributed by atoms with Gasteiger partial charge in [0.1, 0.15) is 0 Å². The fourth-order valence-electron chi connectivity index (χ4n) is 1.37. The van der Waals surface area contributed by atoms with Gasteiger partial charge in [-0.05, 0) is 6.07 Å². The molecule has 1 heterocycles. The number of hydrogen-bond donors (Lipinski definition) is 1. The molecule has 0 amide bonds. The summed E-state index contributed by atoms with van der Waals surface area (Å²) in [5.41, 5.74) is 1.66. The Balaban J connectivity index is 2.60. The molecule has 1 N–H and O–H groups in total. The number of benzene rings is 1. The van der Waals surface area contributed by atoms with Crippen molar-refractivity contribution in [2.24, 2.45) is 7.05 Å². The van der Waals surface area contributed by atoms with Crippen molar-refractivity contribution < 1.29 is 5.11 Å². The van der Waals surface area contributed by atoms with Gasteiger partial charge >= 0.3 is 0 Å². The van der Waals surface area contributed by atoms with Crippen molar-refractivity contribution in [3.05, 3.63) is 35.4 Å². The monoisotopic (exact) mass is 208 g/mol. The van der Waals surface area contributed by atoms with E-state index in [4.69, 9.17) is 11.6 Å². The van der Waals surface area contributed by atoms with Gasteiger partial charge in [0.2, 0.25) is 5.88 Å². The Bertz CT molecular complexity index is 465. The minimum Gasteiger partial charge on any atom is -0.492 e. The summed E-state index contributed by atoms with van der Waals surface area (Å²) in [6.45, 7) is 0. The van der Waals surface area contributed by atoms with E-state index in [1.54, 1.807) is 23.9 Å². The molecular weight excluding hydrogens is 200 g/mol. The van der Waals surface area contributed by atoms with Gasteiger partial charge in [-0.25, -0.2) is 0 Å². The van der Waals surface area contributed by atoms with Crippen molar-refractivity contribution in [1.29, 1.82) is 0 Å². The van der Waals surface area contributed by atoms with Crippen LogP contribution >= 0.6 is 11.6 Å². The Kier molecular flexibility index (Phi) is 2.17. The van der Waals surface area contributed by atoms with Gasteiger partial charge in [-0.15, -0.1) is 5.10 Å². The minimum absolute atomic E-state index is 0.00224. The molecule has 4 heteroatoms. The highest BCUT2D eigenvalue weighted by Gasteiger charge is 2.08. The van der Waals surface area contributed by atoms with E-state index in [1.807, 2.05) is 18.2 Å². The van der Waals surface area contributed by atoms with Gasteiger partial charge in [-0.1, -0.05) is 29.8 Å². The SMILES string of the molecule is Cn1nc(O)cc1-c1ccccc1Cl. The summed E-state index contributed by atoms with van der Waals surface area (Å²) in [5, 5.41) is 13.7. The first-order valence-corrected chi connectivity index (χ1v) is 4.54. The van der Waals surface area contributed by atoms with Crippen LogP contribution in [0.4, 0.5) is 0 Å².